The van der Waals surface area contributed by atoms with Crippen LogP contribution in [-0.4, -0.2) is 4.98 Å². The predicted octanol–water partition coefficient (Wildman–Crippen LogP) is 2.87. The minimum Gasteiger partial charge on any atom is -0.456 e. The van der Waals surface area contributed by atoms with Crippen LogP contribution >= 0.6 is 0 Å². The van der Waals surface area contributed by atoms with Crippen molar-refractivity contribution in [3.8, 4) is 11.5 Å². The molecular formula is C15H12N2O3. The molecule has 0 unspecified atom stereocenters. The Morgan fingerprint density at radius 2 is 2.00 bits per heavy atom. The van der Waals surface area contributed by atoms with E-state index in [0.29, 0.717) is 22.8 Å². The van der Waals surface area contributed by atoms with Crippen molar-refractivity contribution in [2.45, 2.75) is 6.92 Å². The van der Waals surface area contributed by atoms with Crippen molar-refractivity contribution in [2.24, 2.45) is 0 Å². The number of pyridine rings is 1. The van der Waals surface area contributed by atoms with Gasteiger partial charge in [0.25, 0.3) is 0 Å². The number of aryl methyl sites for hydroxylation is 1. The fourth-order valence-electron chi connectivity index (χ4n) is 2.00. The number of fused-ring (bicyclic) bond motifs is 1. The van der Waals surface area contributed by atoms with Crippen LogP contribution in [0.15, 0.2) is 51.9 Å². The summed E-state index contributed by atoms with van der Waals surface area (Å²) < 4.78 is 10.8. The van der Waals surface area contributed by atoms with Gasteiger partial charge in [0.15, 0.2) is 0 Å². The highest BCUT2D eigenvalue weighted by molar-refractivity contribution is 5.81. The highest BCUT2D eigenvalue weighted by atomic mass is 16.5. The summed E-state index contributed by atoms with van der Waals surface area (Å²) in [6.45, 7) is 1.86. The molecule has 0 aliphatic carbocycles. The molecule has 0 radical (unpaired) electrons. The van der Waals surface area contributed by atoms with Crippen LogP contribution in [-0.2, 0) is 0 Å². The van der Waals surface area contributed by atoms with Gasteiger partial charge in [-0.3, -0.25) is 4.98 Å². The first kappa shape index (κ1) is 12.2. The molecule has 0 atom stereocenters. The molecule has 5 heteroatoms. The van der Waals surface area contributed by atoms with Gasteiger partial charge in [0.05, 0.1) is 18.1 Å². The number of benzene rings is 1. The van der Waals surface area contributed by atoms with Crippen LogP contribution in [0.4, 0.5) is 5.69 Å². The van der Waals surface area contributed by atoms with Gasteiger partial charge < -0.3 is 14.9 Å². The van der Waals surface area contributed by atoms with Gasteiger partial charge in [-0.1, -0.05) is 0 Å². The van der Waals surface area contributed by atoms with Crippen molar-refractivity contribution in [3.63, 3.8) is 0 Å². The van der Waals surface area contributed by atoms with E-state index in [1.165, 1.54) is 12.3 Å². The Balaban J connectivity index is 2.03. The van der Waals surface area contributed by atoms with E-state index in [1.807, 2.05) is 13.0 Å². The largest absolute Gasteiger partial charge is 0.456 e. The molecule has 0 aliphatic heterocycles. The molecule has 2 N–H and O–H groups in total. The molecule has 0 saturated heterocycles. The van der Waals surface area contributed by atoms with Crippen LogP contribution in [0.5, 0.6) is 11.5 Å². The van der Waals surface area contributed by atoms with Gasteiger partial charge in [-0.2, -0.15) is 0 Å². The summed E-state index contributed by atoms with van der Waals surface area (Å²) >= 11 is 0. The molecular weight excluding hydrogens is 256 g/mol. The van der Waals surface area contributed by atoms with E-state index in [4.69, 9.17) is 14.9 Å². The summed E-state index contributed by atoms with van der Waals surface area (Å²) in [6.07, 6.45) is 3.10. The standard InChI is InChI=1S/C15H12N2O3/c1-9-4-15(18)20-14-6-11(2-3-13(9)14)19-12-5-10(16)7-17-8-12/h2-8H,16H2,1H3. The SMILES string of the molecule is Cc1cc(=O)oc2cc(Oc3cncc(N)c3)ccc12. The molecule has 3 rings (SSSR count). The molecule has 0 bridgehead atoms. The highest BCUT2D eigenvalue weighted by Gasteiger charge is 2.05. The average Bonchev–Trinajstić information content (AvgIpc) is 2.38. The summed E-state index contributed by atoms with van der Waals surface area (Å²) in [4.78, 5) is 15.3. The third kappa shape index (κ3) is 2.33. The molecule has 0 saturated carbocycles. The Labute approximate surface area is 114 Å². The zero-order valence-corrected chi connectivity index (χ0v) is 10.8. The molecule has 0 fully saturated rings. The van der Waals surface area contributed by atoms with Gasteiger partial charge in [0.2, 0.25) is 0 Å². The summed E-state index contributed by atoms with van der Waals surface area (Å²) in [5, 5.41) is 0.877. The summed E-state index contributed by atoms with van der Waals surface area (Å²) in [5.41, 5.74) is 7.14. The maximum atomic E-state index is 11.4. The van der Waals surface area contributed by atoms with E-state index in [0.717, 1.165) is 10.9 Å². The van der Waals surface area contributed by atoms with Gasteiger partial charge in [-0.05, 0) is 24.6 Å². The molecule has 0 amide bonds. The first-order valence-corrected chi connectivity index (χ1v) is 6.05. The third-order valence-corrected chi connectivity index (χ3v) is 2.89. The fourth-order valence-corrected chi connectivity index (χ4v) is 2.00. The van der Waals surface area contributed by atoms with Crippen LogP contribution in [0.2, 0.25) is 0 Å². The number of nitrogens with two attached hydrogens (primary N) is 1. The Kier molecular flexibility index (Phi) is 2.87. The monoisotopic (exact) mass is 268 g/mol. The van der Waals surface area contributed by atoms with E-state index < -0.39 is 0 Å². The van der Waals surface area contributed by atoms with E-state index >= 15 is 0 Å². The number of nitrogens with zero attached hydrogens (tertiary/aromatic N) is 1. The van der Waals surface area contributed by atoms with Crippen molar-refractivity contribution in [2.75, 3.05) is 5.73 Å². The van der Waals surface area contributed by atoms with Crippen molar-refractivity contribution in [1.29, 1.82) is 0 Å². The maximum Gasteiger partial charge on any atom is 0.336 e. The highest BCUT2D eigenvalue weighted by Crippen LogP contribution is 2.26. The Hall–Kier alpha value is -2.82. The van der Waals surface area contributed by atoms with E-state index in [-0.39, 0.29) is 5.63 Å². The number of aromatic nitrogens is 1. The number of anilines is 1. The summed E-state index contributed by atoms with van der Waals surface area (Å²) in [6, 6.07) is 8.46. The zero-order valence-electron chi connectivity index (χ0n) is 10.8. The van der Waals surface area contributed by atoms with Gasteiger partial charge >= 0.3 is 5.63 Å². The smallest absolute Gasteiger partial charge is 0.336 e. The number of rotatable bonds is 2. The van der Waals surface area contributed by atoms with E-state index in [9.17, 15) is 4.79 Å². The lowest BCUT2D eigenvalue weighted by atomic mass is 10.1. The van der Waals surface area contributed by atoms with Crippen LogP contribution < -0.4 is 16.1 Å². The maximum absolute atomic E-state index is 11.4. The quantitative estimate of drug-likeness (QED) is 0.723. The van der Waals surface area contributed by atoms with Crippen molar-refractivity contribution < 1.29 is 9.15 Å². The average molecular weight is 268 g/mol. The topological polar surface area (TPSA) is 78.3 Å². The number of hydrogen-bond acceptors (Lipinski definition) is 5. The van der Waals surface area contributed by atoms with Crippen molar-refractivity contribution >= 4 is 16.7 Å². The molecule has 2 aromatic heterocycles. The molecule has 0 spiro atoms. The van der Waals surface area contributed by atoms with Gasteiger partial charge in [-0.15, -0.1) is 0 Å². The number of ether oxygens (including phenoxy) is 1. The second kappa shape index (κ2) is 4.70. The predicted molar refractivity (Wildman–Crippen MR) is 75.9 cm³/mol. The first-order chi connectivity index (χ1) is 9.61. The zero-order chi connectivity index (χ0) is 14.1. The Bertz CT molecular complexity index is 840. The molecule has 20 heavy (non-hydrogen) atoms. The normalized spacial score (nSPS) is 10.7. The Morgan fingerprint density at radius 1 is 1.15 bits per heavy atom. The molecule has 1 aromatic carbocycles. The van der Waals surface area contributed by atoms with Crippen LogP contribution in [0.1, 0.15) is 5.56 Å². The van der Waals surface area contributed by atoms with Crippen molar-refractivity contribution in [3.05, 3.63) is 58.7 Å². The minimum absolute atomic E-state index is 0.377. The van der Waals surface area contributed by atoms with Crippen LogP contribution in [0.25, 0.3) is 11.0 Å². The molecule has 2 heterocycles. The minimum atomic E-state index is -0.377. The third-order valence-electron chi connectivity index (χ3n) is 2.89. The fraction of sp³-hybridized carbons (Fsp3) is 0.0667. The Morgan fingerprint density at radius 3 is 2.80 bits per heavy atom. The summed E-state index contributed by atoms with van der Waals surface area (Å²) in [7, 11) is 0. The number of nitrogen functional groups attached to an aromatic ring is 1. The molecule has 100 valence electrons. The number of hydrogen-bond donors (Lipinski definition) is 1. The van der Waals surface area contributed by atoms with Crippen molar-refractivity contribution in [1.82, 2.24) is 4.98 Å². The molecule has 5 nitrogen and oxygen atoms in total. The second-order valence-corrected chi connectivity index (χ2v) is 4.46. The second-order valence-electron chi connectivity index (χ2n) is 4.46. The van der Waals surface area contributed by atoms with Crippen LogP contribution in [0, 0.1) is 6.92 Å². The molecule has 0 aliphatic rings. The van der Waals surface area contributed by atoms with E-state index in [1.54, 1.807) is 24.4 Å². The van der Waals surface area contributed by atoms with Gasteiger partial charge in [0.1, 0.15) is 17.1 Å². The lowest BCUT2D eigenvalue weighted by Crippen LogP contribution is -1.98. The first-order valence-electron chi connectivity index (χ1n) is 6.05. The van der Waals surface area contributed by atoms with Crippen LogP contribution in [0.3, 0.4) is 0 Å². The van der Waals surface area contributed by atoms with E-state index in [2.05, 4.69) is 4.98 Å². The lowest BCUT2D eigenvalue weighted by Gasteiger charge is -2.07. The summed E-state index contributed by atoms with van der Waals surface area (Å²) in [5.74, 6) is 1.08. The van der Waals surface area contributed by atoms with Gasteiger partial charge in [-0.25, -0.2) is 4.79 Å². The van der Waals surface area contributed by atoms with Gasteiger partial charge in [0, 0.05) is 23.6 Å². The lowest BCUT2D eigenvalue weighted by molar-refractivity contribution is 0.478. The molecule has 3 aromatic rings.